The van der Waals surface area contributed by atoms with Crippen LogP contribution in [0.2, 0.25) is 0 Å². The number of hydrogen-bond acceptors (Lipinski definition) is 2. The molecule has 1 heterocycles. The number of amides is 1. The fourth-order valence-corrected chi connectivity index (χ4v) is 6.25. The Balaban J connectivity index is 1.43. The lowest BCUT2D eigenvalue weighted by atomic mass is 9.54. The van der Waals surface area contributed by atoms with Gasteiger partial charge in [-0.05, 0) is 68.3 Å². The number of carbonyl (C=O) groups excluding carboxylic acids is 1. The number of benzene rings is 1. The van der Waals surface area contributed by atoms with Crippen LogP contribution in [-0.2, 0) is 10.3 Å². The normalized spacial score (nSPS) is 44.7. The second-order valence-corrected chi connectivity index (χ2v) is 8.51. The molecule has 5 fully saturated rings. The number of rotatable bonds is 2. The van der Waals surface area contributed by atoms with E-state index in [2.05, 4.69) is 24.0 Å². The van der Waals surface area contributed by atoms with E-state index in [9.17, 15) is 4.79 Å². The maximum atomic E-state index is 12.7. The van der Waals surface area contributed by atoms with E-state index in [0.29, 0.717) is 12.6 Å². The molecule has 5 aliphatic rings. The predicted molar refractivity (Wildman–Crippen MR) is 87.8 cm³/mol. The first-order valence-corrected chi connectivity index (χ1v) is 9.17. The first-order chi connectivity index (χ1) is 11.1. The van der Waals surface area contributed by atoms with Gasteiger partial charge in [0.1, 0.15) is 0 Å². The summed E-state index contributed by atoms with van der Waals surface area (Å²) in [7, 11) is 0. The van der Waals surface area contributed by atoms with Gasteiger partial charge in [-0.1, -0.05) is 30.3 Å². The minimum Gasteiger partial charge on any atom is -0.436 e. The molecule has 0 aromatic heterocycles. The van der Waals surface area contributed by atoms with Crippen molar-refractivity contribution in [2.45, 2.75) is 50.7 Å². The Bertz CT molecular complexity index is 600. The van der Waals surface area contributed by atoms with Gasteiger partial charge in [-0.25, -0.2) is 4.79 Å². The number of carbonyl (C=O) groups is 1. The Kier molecular flexibility index (Phi) is 2.87. The number of ether oxygens (including phenoxy) is 1. The molecule has 1 saturated heterocycles. The molecule has 1 aromatic carbocycles. The first-order valence-electron chi connectivity index (χ1n) is 9.17. The van der Waals surface area contributed by atoms with Crippen molar-refractivity contribution in [2.24, 2.45) is 23.7 Å². The van der Waals surface area contributed by atoms with E-state index in [1.54, 1.807) is 0 Å². The molecule has 23 heavy (non-hydrogen) atoms. The van der Waals surface area contributed by atoms with E-state index in [1.807, 2.05) is 18.2 Å². The maximum Gasteiger partial charge on any atom is 0.411 e. The number of nitrogens with zero attached hydrogens (tertiary/aromatic N) is 1. The van der Waals surface area contributed by atoms with Crippen molar-refractivity contribution in [3.05, 3.63) is 35.9 Å². The molecule has 1 aliphatic heterocycles. The molecular formula is C20H25NO2. The van der Waals surface area contributed by atoms with E-state index in [0.717, 1.165) is 29.2 Å². The number of hydrogen-bond donors (Lipinski definition) is 0. The number of cyclic esters (lactones) is 1. The van der Waals surface area contributed by atoms with Gasteiger partial charge in [-0.15, -0.1) is 0 Å². The highest BCUT2D eigenvalue weighted by Gasteiger charge is 2.55. The van der Waals surface area contributed by atoms with E-state index >= 15 is 0 Å². The topological polar surface area (TPSA) is 29.5 Å². The third-order valence-electron chi connectivity index (χ3n) is 6.94. The second kappa shape index (κ2) is 4.75. The van der Waals surface area contributed by atoms with Crippen molar-refractivity contribution in [3.8, 4) is 0 Å². The van der Waals surface area contributed by atoms with Gasteiger partial charge >= 0.3 is 6.09 Å². The maximum absolute atomic E-state index is 12.7. The quantitative estimate of drug-likeness (QED) is 0.820. The minimum atomic E-state index is -0.493. The van der Waals surface area contributed by atoms with Crippen molar-refractivity contribution in [3.63, 3.8) is 0 Å². The minimum absolute atomic E-state index is 0.0890. The molecule has 0 N–H and O–H groups in total. The molecule has 4 saturated carbocycles. The summed E-state index contributed by atoms with van der Waals surface area (Å²) in [6, 6.07) is 10.7. The van der Waals surface area contributed by atoms with Gasteiger partial charge in [-0.3, -0.25) is 0 Å². The molecule has 4 aliphatic carbocycles. The van der Waals surface area contributed by atoms with Crippen molar-refractivity contribution in [2.75, 3.05) is 6.54 Å². The van der Waals surface area contributed by atoms with Gasteiger partial charge in [0.05, 0.1) is 6.54 Å². The van der Waals surface area contributed by atoms with Crippen LogP contribution < -0.4 is 0 Å². The van der Waals surface area contributed by atoms with Crippen LogP contribution in [0.1, 0.15) is 44.6 Å². The van der Waals surface area contributed by atoms with Gasteiger partial charge in [0.2, 0.25) is 0 Å². The molecule has 0 unspecified atom stereocenters. The van der Waals surface area contributed by atoms with Crippen LogP contribution in [0.4, 0.5) is 4.79 Å². The highest BCUT2D eigenvalue weighted by Crippen LogP contribution is 2.56. The molecular weight excluding hydrogens is 286 g/mol. The molecule has 122 valence electrons. The zero-order valence-corrected chi connectivity index (χ0v) is 13.8. The lowest BCUT2D eigenvalue weighted by Gasteiger charge is -2.56. The standard InChI is InChI=1S/C20H25NO2/c1-20(17-5-3-2-4-6-17)12-21(19(22)23-20)18-15-8-13-7-14(10-15)11-16(18)9-13/h2-6,13-16,18H,7-12H2,1H3/t13?,14?,15?,16?,18?,20-/m1/s1. The zero-order chi connectivity index (χ0) is 15.6. The molecule has 6 rings (SSSR count). The van der Waals surface area contributed by atoms with Crippen molar-refractivity contribution >= 4 is 6.09 Å². The average Bonchev–Trinajstić information content (AvgIpc) is 2.83. The molecule has 4 bridgehead atoms. The van der Waals surface area contributed by atoms with Gasteiger partial charge in [-0.2, -0.15) is 0 Å². The third-order valence-corrected chi connectivity index (χ3v) is 6.94. The summed E-state index contributed by atoms with van der Waals surface area (Å²) in [5.74, 6) is 3.31. The molecule has 0 spiro atoms. The lowest BCUT2D eigenvalue weighted by Crippen LogP contribution is -2.56. The predicted octanol–water partition coefficient (Wildman–Crippen LogP) is 4.18. The summed E-state index contributed by atoms with van der Waals surface area (Å²) >= 11 is 0. The van der Waals surface area contributed by atoms with Gasteiger partial charge in [0.25, 0.3) is 0 Å². The van der Waals surface area contributed by atoms with Crippen LogP contribution in [-0.4, -0.2) is 23.6 Å². The van der Waals surface area contributed by atoms with Gasteiger partial charge < -0.3 is 9.64 Å². The van der Waals surface area contributed by atoms with Crippen molar-refractivity contribution in [1.82, 2.24) is 4.90 Å². The monoisotopic (exact) mass is 311 g/mol. The van der Waals surface area contributed by atoms with Crippen LogP contribution in [0.15, 0.2) is 30.3 Å². The molecule has 0 radical (unpaired) electrons. The lowest BCUT2D eigenvalue weighted by molar-refractivity contribution is -0.0485. The smallest absolute Gasteiger partial charge is 0.411 e. The van der Waals surface area contributed by atoms with Crippen LogP contribution in [0, 0.1) is 23.7 Å². The fourth-order valence-electron chi connectivity index (χ4n) is 6.25. The molecule has 1 amide bonds. The van der Waals surface area contributed by atoms with E-state index in [1.165, 1.54) is 32.1 Å². The highest BCUT2D eigenvalue weighted by atomic mass is 16.6. The SMILES string of the molecule is C[C@]1(c2ccccc2)CN(C2C3CC4CC(C3)CC2C4)C(=O)O1. The Morgan fingerprint density at radius 1 is 1.00 bits per heavy atom. The fraction of sp³-hybridized carbons (Fsp3) is 0.650. The molecule has 1 aromatic rings. The average molecular weight is 311 g/mol. The second-order valence-electron chi connectivity index (χ2n) is 8.51. The summed E-state index contributed by atoms with van der Waals surface area (Å²) < 4.78 is 5.89. The first kappa shape index (κ1) is 13.9. The summed E-state index contributed by atoms with van der Waals surface area (Å²) in [6.07, 6.45) is 6.71. The van der Waals surface area contributed by atoms with Gasteiger partial charge in [0, 0.05) is 6.04 Å². The Labute approximate surface area is 138 Å². The Morgan fingerprint density at radius 2 is 1.61 bits per heavy atom. The van der Waals surface area contributed by atoms with E-state index in [4.69, 9.17) is 4.74 Å². The van der Waals surface area contributed by atoms with Crippen LogP contribution in [0.25, 0.3) is 0 Å². The van der Waals surface area contributed by atoms with Gasteiger partial charge in [0.15, 0.2) is 5.60 Å². The molecule has 3 heteroatoms. The Hall–Kier alpha value is -1.51. The third kappa shape index (κ3) is 2.05. The van der Waals surface area contributed by atoms with Crippen LogP contribution >= 0.6 is 0 Å². The largest absolute Gasteiger partial charge is 0.436 e. The van der Waals surface area contributed by atoms with E-state index in [-0.39, 0.29) is 6.09 Å². The Morgan fingerprint density at radius 3 is 2.22 bits per heavy atom. The van der Waals surface area contributed by atoms with Crippen molar-refractivity contribution < 1.29 is 9.53 Å². The highest BCUT2D eigenvalue weighted by molar-refractivity contribution is 5.71. The summed E-state index contributed by atoms with van der Waals surface area (Å²) in [6.45, 7) is 2.78. The van der Waals surface area contributed by atoms with Crippen molar-refractivity contribution in [1.29, 1.82) is 0 Å². The summed E-state index contributed by atoms with van der Waals surface area (Å²) in [5.41, 5.74) is 0.618. The van der Waals surface area contributed by atoms with E-state index < -0.39 is 5.60 Å². The summed E-state index contributed by atoms with van der Waals surface area (Å²) in [4.78, 5) is 14.8. The summed E-state index contributed by atoms with van der Waals surface area (Å²) in [5, 5.41) is 0. The molecule has 3 nitrogen and oxygen atoms in total. The van der Waals surface area contributed by atoms with Crippen LogP contribution in [0.3, 0.4) is 0 Å². The zero-order valence-electron chi connectivity index (χ0n) is 13.8. The van der Waals surface area contributed by atoms with Crippen LogP contribution in [0.5, 0.6) is 0 Å². The molecule has 1 atom stereocenters.